The number of carbonyl (C=O) groups is 1. The van der Waals surface area contributed by atoms with Crippen molar-refractivity contribution in [3.63, 3.8) is 0 Å². The average molecular weight is 596 g/mol. The van der Waals surface area contributed by atoms with Gasteiger partial charge in [-0.1, -0.05) is 54.6 Å². The number of non-ortho nitro benzene ring substituents is 1. The summed E-state index contributed by atoms with van der Waals surface area (Å²) in [4.78, 5) is 37.0. The number of nitro benzene ring substituents is 1. The van der Waals surface area contributed by atoms with Crippen molar-refractivity contribution in [2.75, 3.05) is 11.9 Å². The summed E-state index contributed by atoms with van der Waals surface area (Å²) in [5.74, 6) is -0.00451. The molecule has 0 bridgehead atoms. The third-order valence-electron chi connectivity index (χ3n) is 7.69. The van der Waals surface area contributed by atoms with Gasteiger partial charge in [0, 0.05) is 17.7 Å². The van der Waals surface area contributed by atoms with Crippen molar-refractivity contribution < 1.29 is 24.7 Å². The van der Waals surface area contributed by atoms with Crippen LogP contribution in [0.25, 0.3) is 22.3 Å². The molecule has 44 heavy (non-hydrogen) atoms. The summed E-state index contributed by atoms with van der Waals surface area (Å²) < 4.78 is 7.58. The lowest BCUT2D eigenvalue weighted by atomic mass is 10.0. The number of ether oxygens (including phenoxy) is 1. The first-order valence-electron chi connectivity index (χ1n) is 13.9. The van der Waals surface area contributed by atoms with Crippen molar-refractivity contribution in [1.82, 2.24) is 24.8 Å². The first kappa shape index (κ1) is 28.9. The molecule has 3 heterocycles. The lowest BCUT2D eigenvalue weighted by Crippen LogP contribution is -2.46. The first-order chi connectivity index (χ1) is 21.3. The molecule has 0 unspecified atom stereocenters. The van der Waals surface area contributed by atoms with Gasteiger partial charge in [0.2, 0.25) is 0 Å². The Balaban J connectivity index is 1.23. The summed E-state index contributed by atoms with van der Waals surface area (Å²) in [6.45, 7) is 1.42. The van der Waals surface area contributed by atoms with Crippen LogP contribution in [0.1, 0.15) is 35.1 Å². The molecule has 5 atom stereocenters. The molecule has 1 fully saturated rings. The monoisotopic (exact) mass is 595 g/mol. The number of imidazole rings is 1. The molecule has 0 aliphatic carbocycles. The number of hydrogen-bond acceptors (Lipinski definition) is 10. The molecule has 6 rings (SSSR count). The number of anilines is 1. The number of rotatable bonds is 9. The van der Waals surface area contributed by atoms with Gasteiger partial charge >= 0.3 is 0 Å². The maximum absolute atomic E-state index is 13.3. The van der Waals surface area contributed by atoms with Crippen LogP contribution < -0.4 is 10.6 Å². The Bertz CT molecular complexity index is 1780. The second-order valence-electron chi connectivity index (χ2n) is 10.4. The fourth-order valence-corrected chi connectivity index (χ4v) is 5.29. The van der Waals surface area contributed by atoms with E-state index in [1.807, 2.05) is 49.4 Å². The minimum Gasteiger partial charge on any atom is -0.394 e. The number of benzene rings is 3. The quantitative estimate of drug-likeness (QED) is 0.145. The van der Waals surface area contributed by atoms with E-state index in [0.29, 0.717) is 22.5 Å². The fraction of sp³-hybridized carbons (Fsp3) is 0.226. The van der Waals surface area contributed by atoms with Gasteiger partial charge in [0.1, 0.15) is 24.6 Å². The Morgan fingerprint density at radius 3 is 2.41 bits per heavy atom. The Hall–Kier alpha value is -5.24. The van der Waals surface area contributed by atoms with Crippen LogP contribution in [0.5, 0.6) is 0 Å². The normalized spacial score (nSPS) is 20.3. The average Bonchev–Trinajstić information content (AvgIpc) is 3.62. The number of aliphatic hydroxyl groups excluding tert-OH is 2. The molecule has 2 aromatic heterocycles. The van der Waals surface area contributed by atoms with Crippen molar-refractivity contribution in [2.45, 2.75) is 37.4 Å². The second kappa shape index (κ2) is 12.2. The molecule has 4 N–H and O–H groups in total. The van der Waals surface area contributed by atoms with Gasteiger partial charge in [0.25, 0.3) is 11.6 Å². The van der Waals surface area contributed by atoms with Gasteiger partial charge in [-0.05, 0) is 35.7 Å². The molecular formula is C31H29N7O6. The van der Waals surface area contributed by atoms with E-state index >= 15 is 0 Å². The topological polar surface area (TPSA) is 178 Å². The number of aliphatic hydroxyl groups is 2. The SMILES string of the molecule is C[C@@H](Nc1ncnc2c1ncn2[C@@H]1O[C@H](CO)[C@@H](O)[C@H]1NC(=O)c1ccc(-c2ccccc2)cc1)c1ccc([N+](=O)[O-])cc1. The zero-order chi connectivity index (χ0) is 30.8. The second-order valence-corrected chi connectivity index (χ2v) is 10.4. The molecular weight excluding hydrogens is 566 g/mol. The maximum Gasteiger partial charge on any atom is 0.269 e. The van der Waals surface area contributed by atoms with Crippen LogP contribution in [-0.2, 0) is 4.74 Å². The van der Waals surface area contributed by atoms with Gasteiger partial charge in [0.15, 0.2) is 23.2 Å². The zero-order valence-electron chi connectivity index (χ0n) is 23.5. The number of nitrogens with one attached hydrogen (secondary N) is 2. The standard InChI is InChI=1S/C31H29N7O6/c1-18(19-11-13-23(14-12-19)38(42)43)35-28-26-29(33-16-32-28)37(17-34-26)31-25(27(40)24(15-39)44-31)36-30(41)22-9-7-21(8-10-22)20-5-3-2-4-6-20/h2-14,16-18,24-25,27,31,39-40H,15H2,1H3,(H,36,41)(H,32,33,35)/t18-,24-,25-,27-,31-/m1/s1. The smallest absolute Gasteiger partial charge is 0.269 e. The molecule has 1 amide bonds. The molecule has 0 saturated carbocycles. The lowest BCUT2D eigenvalue weighted by Gasteiger charge is -2.23. The lowest BCUT2D eigenvalue weighted by molar-refractivity contribution is -0.384. The van der Waals surface area contributed by atoms with E-state index in [1.54, 1.807) is 28.8 Å². The number of nitro groups is 1. The summed E-state index contributed by atoms with van der Waals surface area (Å²) in [6, 6.07) is 21.9. The minimum atomic E-state index is -1.21. The third-order valence-corrected chi connectivity index (χ3v) is 7.69. The van der Waals surface area contributed by atoms with Crippen LogP contribution in [0.2, 0.25) is 0 Å². The van der Waals surface area contributed by atoms with Crippen LogP contribution in [0.3, 0.4) is 0 Å². The van der Waals surface area contributed by atoms with E-state index in [-0.39, 0.29) is 11.7 Å². The molecule has 1 aliphatic heterocycles. The van der Waals surface area contributed by atoms with Crippen LogP contribution >= 0.6 is 0 Å². The summed E-state index contributed by atoms with van der Waals surface area (Å²) in [7, 11) is 0. The Kier molecular flexibility index (Phi) is 7.98. The van der Waals surface area contributed by atoms with Crippen molar-refractivity contribution in [1.29, 1.82) is 0 Å². The summed E-state index contributed by atoms with van der Waals surface area (Å²) in [5.41, 5.74) is 3.96. The van der Waals surface area contributed by atoms with E-state index in [9.17, 15) is 25.1 Å². The Morgan fingerprint density at radius 1 is 1.02 bits per heavy atom. The number of nitrogens with zero attached hydrogens (tertiary/aromatic N) is 5. The highest BCUT2D eigenvalue weighted by atomic mass is 16.6. The van der Waals surface area contributed by atoms with Gasteiger partial charge in [-0.2, -0.15) is 0 Å². The largest absolute Gasteiger partial charge is 0.394 e. The van der Waals surface area contributed by atoms with Crippen LogP contribution in [0, 0.1) is 10.1 Å². The Labute approximate surface area is 251 Å². The molecule has 13 heteroatoms. The maximum atomic E-state index is 13.3. The van der Waals surface area contributed by atoms with Crippen LogP contribution in [0.4, 0.5) is 11.5 Å². The summed E-state index contributed by atoms with van der Waals surface area (Å²) in [5, 5.41) is 38.0. The molecule has 5 aromatic rings. The number of fused-ring (bicyclic) bond motifs is 1. The number of carbonyl (C=O) groups excluding carboxylic acids is 1. The van der Waals surface area contributed by atoms with Gasteiger partial charge in [0.05, 0.1) is 23.9 Å². The van der Waals surface area contributed by atoms with Crippen LogP contribution in [-0.4, -0.2) is 65.4 Å². The third kappa shape index (κ3) is 5.58. The van der Waals surface area contributed by atoms with Crippen molar-refractivity contribution in [3.05, 3.63) is 113 Å². The molecule has 0 spiro atoms. The highest BCUT2D eigenvalue weighted by molar-refractivity contribution is 5.95. The highest BCUT2D eigenvalue weighted by Gasteiger charge is 2.46. The fourth-order valence-electron chi connectivity index (χ4n) is 5.29. The van der Waals surface area contributed by atoms with Gasteiger partial charge in [-0.15, -0.1) is 0 Å². The van der Waals surface area contributed by atoms with Crippen molar-refractivity contribution in [3.8, 4) is 11.1 Å². The molecule has 224 valence electrons. The van der Waals surface area contributed by atoms with E-state index in [0.717, 1.165) is 16.7 Å². The van der Waals surface area contributed by atoms with Gasteiger partial charge in [-0.25, -0.2) is 15.0 Å². The highest BCUT2D eigenvalue weighted by Crippen LogP contribution is 2.33. The number of amides is 1. The Morgan fingerprint density at radius 2 is 1.73 bits per heavy atom. The molecule has 1 aliphatic rings. The summed E-state index contributed by atoms with van der Waals surface area (Å²) >= 11 is 0. The van der Waals surface area contributed by atoms with E-state index in [2.05, 4.69) is 25.6 Å². The first-order valence-corrected chi connectivity index (χ1v) is 13.9. The zero-order valence-corrected chi connectivity index (χ0v) is 23.5. The predicted molar refractivity (Wildman–Crippen MR) is 161 cm³/mol. The minimum absolute atomic E-state index is 0.00472. The van der Waals surface area contributed by atoms with Crippen molar-refractivity contribution >= 4 is 28.6 Å². The van der Waals surface area contributed by atoms with E-state index < -0.39 is 41.9 Å². The van der Waals surface area contributed by atoms with Crippen molar-refractivity contribution in [2.24, 2.45) is 0 Å². The number of aromatic nitrogens is 4. The molecule has 13 nitrogen and oxygen atoms in total. The van der Waals surface area contributed by atoms with Crippen LogP contribution in [0.15, 0.2) is 91.5 Å². The molecule has 3 aromatic carbocycles. The summed E-state index contributed by atoms with van der Waals surface area (Å²) in [6.07, 6.45) is -0.273. The van der Waals surface area contributed by atoms with Gasteiger partial charge < -0.3 is 25.6 Å². The van der Waals surface area contributed by atoms with E-state index in [1.165, 1.54) is 24.8 Å². The molecule has 1 saturated heterocycles. The number of hydrogen-bond donors (Lipinski definition) is 4. The molecule has 0 radical (unpaired) electrons. The van der Waals surface area contributed by atoms with E-state index in [4.69, 9.17) is 4.74 Å². The van der Waals surface area contributed by atoms with Gasteiger partial charge in [-0.3, -0.25) is 19.5 Å². The predicted octanol–water partition coefficient (Wildman–Crippen LogP) is 3.62.